The lowest BCUT2D eigenvalue weighted by molar-refractivity contribution is 0.789. The van der Waals surface area contributed by atoms with E-state index in [9.17, 15) is 0 Å². The summed E-state index contributed by atoms with van der Waals surface area (Å²) in [5.74, 6) is 0. The predicted octanol–water partition coefficient (Wildman–Crippen LogP) is 2.10. The highest BCUT2D eigenvalue weighted by molar-refractivity contribution is 7.09. The van der Waals surface area contributed by atoms with Crippen LogP contribution in [0.25, 0.3) is 0 Å². The monoisotopic (exact) mass is 176 g/mol. The molecular weight excluding hydrogens is 168 g/mol. The van der Waals surface area contributed by atoms with E-state index in [1.54, 1.807) is 16.8 Å². The summed E-state index contributed by atoms with van der Waals surface area (Å²) in [4.78, 5) is 0. The first-order chi connectivity index (χ1) is 4.83. The first-order valence-electron chi connectivity index (χ1n) is 3.22. The first kappa shape index (κ1) is 7.95. The summed E-state index contributed by atoms with van der Waals surface area (Å²) in [6.45, 7) is 2.07. The molecule has 10 heavy (non-hydrogen) atoms. The SMILES string of the molecule is CCC(Cl)Cc1nncs1. The Morgan fingerprint density at radius 2 is 2.60 bits per heavy atom. The van der Waals surface area contributed by atoms with Crippen molar-refractivity contribution >= 4 is 22.9 Å². The first-order valence-corrected chi connectivity index (χ1v) is 4.53. The molecule has 0 saturated heterocycles. The lowest BCUT2D eigenvalue weighted by atomic mass is 10.2. The van der Waals surface area contributed by atoms with Gasteiger partial charge in [0.2, 0.25) is 0 Å². The number of hydrogen-bond acceptors (Lipinski definition) is 3. The average Bonchev–Trinajstić information content (AvgIpc) is 2.40. The summed E-state index contributed by atoms with van der Waals surface area (Å²) in [5, 5.41) is 8.85. The minimum atomic E-state index is 0.216. The van der Waals surface area contributed by atoms with Gasteiger partial charge in [-0.15, -0.1) is 33.1 Å². The summed E-state index contributed by atoms with van der Waals surface area (Å²) in [5.41, 5.74) is 1.73. The molecule has 0 aromatic carbocycles. The third-order valence-corrected chi connectivity index (χ3v) is 2.43. The van der Waals surface area contributed by atoms with Gasteiger partial charge in [0.05, 0.1) is 0 Å². The van der Waals surface area contributed by atoms with Crippen molar-refractivity contribution in [3.8, 4) is 0 Å². The van der Waals surface area contributed by atoms with Crippen LogP contribution in [0.3, 0.4) is 0 Å². The second kappa shape index (κ2) is 3.88. The minimum Gasteiger partial charge on any atom is -0.147 e. The summed E-state index contributed by atoms with van der Waals surface area (Å²) in [7, 11) is 0. The predicted molar refractivity (Wildman–Crippen MR) is 43.5 cm³/mol. The maximum atomic E-state index is 5.90. The molecule has 4 heteroatoms. The molecule has 0 aliphatic rings. The van der Waals surface area contributed by atoms with E-state index >= 15 is 0 Å². The van der Waals surface area contributed by atoms with Crippen LogP contribution in [-0.4, -0.2) is 15.6 Å². The van der Waals surface area contributed by atoms with Gasteiger partial charge in [-0.25, -0.2) is 0 Å². The average molecular weight is 177 g/mol. The molecule has 0 amide bonds. The van der Waals surface area contributed by atoms with E-state index < -0.39 is 0 Å². The van der Waals surface area contributed by atoms with Crippen LogP contribution in [0.4, 0.5) is 0 Å². The number of alkyl halides is 1. The summed E-state index contributed by atoms with van der Waals surface area (Å²) in [6.07, 6.45) is 1.84. The molecule has 1 rings (SSSR count). The quantitative estimate of drug-likeness (QED) is 0.660. The van der Waals surface area contributed by atoms with Crippen LogP contribution >= 0.6 is 22.9 Å². The third kappa shape index (κ3) is 2.23. The Balaban J connectivity index is 2.40. The highest BCUT2D eigenvalue weighted by atomic mass is 35.5. The van der Waals surface area contributed by atoms with Crippen molar-refractivity contribution in [2.24, 2.45) is 0 Å². The van der Waals surface area contributed by atoms with Crippen molar-refractivity contribution in [3.05, 3.63) is 10.5 Å². The zero-order valence-electron chi connectivity index (χ0n) is 5.75. The van der Waals surface area contributed by atoms with Gasteiger partial charge in [0, 0.05) is 11.8 Å². The van der Waals surface area contributed by atoms with Crippen molar-refractivity contribution in [1.29, 1.82) is 0 Å². The van der Waals surface area contributed by atoms with Gasteiger partial charge in [-0.05, 0) is 6.42 Å². The fourth-order valence-corrected chi connectivity index (χ4v) is 1.46. The van der Waals surface area contributed by atoms with Gasteiger partial charge in [0.1, 0.15) is 10.5 Å². The fraction of sp³-hybridized carbons (Fsp3) is 0.667. The Kier molecular flexibility index (Phi) is 3.09. The molecule has 1 unspecified atom stereocenters. The second-order valence-corrected chi connectivity index (χ2v) is 3.58. The van der Waals surface area contributed by atoms with E-state index in [0.29, 0.717) is 0 Å². The summed E-state index contributed by atoms with van der Waals surface area (Å²) in [6, 6.07) is 0. The Hall–Kier alpha value is -0.150. The molecule has 0 saturated carbocycles. The zero-order chi connectivity index (χ0) is 7.40. The zero-order valence-corrected chi connectivity index (χ0v) is 7.32. The number of halogens is 1. The normalized spacial score (nSPS) is 13.4. The standard InChI is InChI=1S/C6H9ClN2S/c1-2-5(7)3-6-9-8-4-10-6/h4-5H,2-3H2,1H3. The number of aromatic nitrogens is 2. The maximum absolute atomic E-state index is 5.90. The molecule has 1 heterocycles. The summed E-state index contributed by atoms with van der Waals surface area (Å²) >= 11 is 7.46. The van der Waals surface area contributed by atoms with Crippen molar-refractivity contribution in [2.75, 3.05) is 0 Å². The third-order valence-electron chi connectivity index (χ3n) is 1.24. The molecule has 0 bridgehead atoms. The van der Waals surface area contributed by atoms with Gasteiger partial charge in [0.15, 0.2) is 0 Å². The molecule has 0 N–H and O–H groups in total. The van der Waals surface area contributed by atoms with Gasteiger partial charge >= 0.3 is 0 Å². The topological polar surface area (TPSA) is 25.8 Å². The van der Waals surface area contributed by atoms with E-state index in [4.69, 9.17) is 11.6 Å². The molecule has 1 aromatic heterocycles. The van der Waals surface area contributed by atoms with E-state index in [-0.39, 0.29) is 5.38 Å². The van der Waals surface area contributed by atoms with Crippen LogP contribution in [-0.2, 0) is 6.42 Å². The van der Waals surface area contributed by atoms with Gasteiger partial charge < -0.3 is 0 Å². The number of nitrogens with zero attached hydrogens (tertiary/aromatic N) is 2. The largest absolute Gasteiger partial charge is 0.147 e. The fourth-order valence-electron chi connectivity index (χ4n) is 0.619. The maximum Gasteiger partial charge on any atom is 0.118 e. The highest BCUT2D eigenvalue weighted by Crippen LogP contribution is 2.11. The smallest absolute Gasteiger partial charge is 0.118 e. The van der Waals surface area contributed by atoms with Crippen LogP contribution < -0.4 is 0 Å². The van der Waals surface area contributed by atoms with Crippen LogP contribution in [0.15, 0.2) is 5.51 Å². The van der Waals surface area contributed by atoms with Gasteiger partial charge in [-0.1, -0.05) is 6.92 Å². The molecule has 2 nitrogen and oxygen atoms in total. The Labute approximate surface area is 69.2 Å². The molecule has 0 spiro atoms. The molecule has 0 fully saturated rings. The lowest BCUT2D eigenvalue weighted by Crippen LogP contribution is -2.00. The Morgan fingerprint density at radius 1 is 1.80 bits per heavy atom. The molecule has 1 atom stereocenters. The molecule has 0 aliphatic heterocycles. The van der Waals surface area contributed by atoms with Crippen LogP contribution in [0.5, 0.6) is 0 Å². The lowest BCUT2D eigenvalue weighted by Gasteiger charge is -1.99. The Morgan fingerprint density at radius 3 is 3.10 bits per heavy atom. The van der Waals surface area contributed by atoms with Crippen LogP contribution in [0.1, 0.15) is 18.4 Å². The second-order valence-electron chi connectivity index (χ2n) is 2.04. The minimum absolute atomic E-state index is 0.216. The van der Waals surface area contributed by atoms with E-state index in [2.05, 4.69) is 17.1 Å². The van der Waals surface area contributed by atoms with Crippen molar-refractivity contribution < 1.29 is 0 Å². The molecule has 0 aliphatic carbocycles. The molecule has 56 valence electrons. The van der Waals surface area contributed by atoms with Gasteiger partial charge in [-0.2, -0.15) is 0 Å². The van der Waals surface area contributed by atoms with Crippen LogP contribution in [0.2, 0.25) is 0 Å². The molecule has 0 radical (unpaired) electrons. The number of hydrogen-bond donors (Lipinski definition) is 0. The summed E-state index contributed by atoms with van der Waals surface area (Å²) < 4.78 is 0. The van der Waals surface area contributed by atoms with Gasteiger partial charge in [-0.3, -0.25) is 0 Å². The van der Waals surface area contributed by atoms with Crippen molar-refractivity contribution in [2.45, 2.75) is 25.1 Å². The highest BCUT2D eigenvalue weighted by Gasteiger charge is 2.04. The molecular formula is C6H9ClN2S. The van der Waals surface area contributed by atoms with E-state index in [1.807, 2.05) is 0 Å². The van der Waals surface area contributed by atoms with Crippen molar-refractivity contribution in [1.82, 2.24) is 10.2 Å². The Bertz CT molecular complexity index is 176. The van der Waals surface area contributed by atoms with Crippen LogP contribution in [0, 0.1) is 0 Å². The molecule has 1 aromatic rings. The van der Waals surface area contributed by atoms with E-state index in [1.165, 1.54) is 0 Å². The van der Waals surface area contributed by atoms with Gasteiger partial charge in [0.25, 0.3) is 0 Å². The van der Waals surface area contributed by atoms with E-state index in [0.717, 1.165) is 17.8 Å². The number of rotatable bonds is 3. The van der Waals surface area contributed by atoms with Crippen molar-refractivity contribution in [3.63, 3.8) is 0 Å².